The fourth-order valence-electron chi connectivity index (χ4n) is 2.92. The molecule has 0 N–H and O–H groups in total. The number of ketones is 1. The van der Waals surface area contributed by atoms with Gasteiger partial charge in [0.15, 0.2) is 5.78 Å². The minimum Gasteiger partial charge on any atom is -0.293 e. The fourth-order valence-corrected chi connectivity index (χ4v) is 2.92. The minimum atomic E-state index is -2.49. The van der Waals surface area contributed by atoms with Gasteiger partial charge in [0.05, 0.1) is 5.70 Å². The van der Waals surface area contributed by atoms with E-state index in [1.54, 1.807) is 30.6 Å². The molecule has 0 spiro atoms. The maximum absolute atomic E-state index is 12.8. The van der Waals surface area contributed by atoms with Crippen molar-refractivity contribution in [3.8, 4) is 0 Å². The predicted octanol–water partition coefficient (Wildman–Crippen LogP) is 5.66. The summed E-state index contributed by atoms with van der Waals surface area (Å²) in [5.74, 6) is -0.145. The lowest BCUT2D eigenvalue weighted by molar-refractivity contribution is -0.111. The first-order valence-electron chi connectivity index (χ1n) is 8.84. The van der Waals surface area contributed by atoms with Gasteiger partial charge in [-0.25, -0.2) is 13.8 Å². The van der Waals surface area contributed by atoms with E-state index in [0.717, 1.165) is 41.7 Å². The molecule has 0 aliphatic carbocycles. The Morgan fingerprint density at radius 2 is 1.89 bits per heavy atom. The molecule has 0 saturated carbocycles. The summed E-state index contributed by atoms with van der Waals surface area (Å²) in [6, 6.07) is 9.95. The lowest BCUT2D eigenvalue weighted by Gasteiger charge is -2.09. The van der Waals surface area contributed by atoms with E-state index in [1.165, 1.54) is 19.1 Å². The first kappa shape index (κ1) is 18.8. The van der Waals surface area contributed by atoms with Crippen molar-refractivity contribution in [2.24, 2.45) is 4.99 Å². The van der Waals surface area contributed by atoms with Gasteiger partial charge in [-0.15, -0.1) is 0 Å². The number of rotatable bonds is 4. The Balaban J connectivity index is 2.01. The molecular formula is C22H20F2N2O. The molecule has 2 heterocycles. The Labute approximate surface area is 157 Å². The van der Waals surface area contributed by atoms with Gasteiger partial charge in [0.1, 0.15) is 5.71 Å². The average Bonchev–Trinajstić information content (AvgIpc) is 2.79. The maximum Gasteiger partial charge on any atom is 0.263 e. The van der Waals surface area contributed by atoms with Crippen LogP contribution in [0.2, 0.25) is 0 Å². The molecule has 0 atom stereocenters. The molecule has 0 amide bonds. The summed E-state index contributed by atoms with van der Waals surface area (Å²) in [6.07, 6.45) is 7.10. The lowest BCUT2D eigenvalue weighted by atomic mass is 9.97. The van der Waals surface area contributed by atoms with Crippen LogP contribution in [0.3, 0.4) is 0 Å². The van der Waals surface area contributed by atoms with E-state index in [2.05, 4.69) is 9.98 Å². The quantitative estimate of drug-likeness (QED) is 0.701. The number of Topliss-reactive ketones (excluding diaryl/α,β-unsaturated/α-hetero) is 1. The molecule has 0 saturated heterocycles. The van der Waals surface area contributed by atoms with Crippen LogP contribution in [-0.4, -0.2) is 16.5 Å². The zero-order chi connectivity index (χ0) is 19.2. The van der Waals surface area contributed by atoms with Gasteiger partial charge in [-0.3, -0.25) is 9.78 Å². The van der Waals surface area contributed by atoms with Gasteiger partial charge in [0, 0.05) is 30.4 Å². The van der Waals surface area contributed by atoms with Gasteiger partial charge in [-0.2, -0.15) is 0 Å². The molecule has 5 heteroatoms. The van der Waals surface area contributed by atoms with Crippen LogP contribution < -0.4 is 0 Å². The van der Waals surface area contributed by atoms with Crippen LogP contribution >= 0.6 is 0 Å². The molecule has 0 radical (unpaired) electrons. The summed E-state index contributed by atoms with van der Waals surface area (Å²) in [4.78, 5) is 20.9. The second kappa shape index (κ2) is 8.62. The number of nitrogens with zero attached hydrogens (tertiary/aromatic N) is 2. The molecule has 1 aliphatic heterocycles. The van der Waals surface area contributed by atoms with Gasteiger partial charge >= 0.3 is 0 Å². The second-order valence-corrected chi connectivity index (χ2v) is 6.37. The SMILES string of the molecule is CC(=O)C1=N/C(c2cccnc2)=C\CCCC(c2ccc(C(F)F)cc2)=C1. The number of benzene rings is 1. The van der Waals surface area contributed by atoms with Crippen LogP contribution in [0.5, 0.6) is 0 Å². The zero-order valence-corrected chi connectivity index (χ0v) is 15.0. The predicted molar refractivity (Wildman–Crippen MR) is 104 cm³/mol. The lowest BCUT2D eigenvalue weighted by Crippen LogP contribution is -2.08. The molecule has 0 bridgehead atoms. The second-order valence-electron chi connectivity index (χ2n) is 6.37. The highest BCUT2D eigenvalue weighted by Gasteiger charge is 2.13. The maximum atomic E-state index is 12.8. The molecule has 138 valence electrons. The third kappa shape index (κ3) is 4.82. The number of carbonyl (C=O) groups excluding carboxylic acids is 1. The number of alkyl halides is 2. The Morgan fingerprint density at radius 1 is 1.11 bits per heavy atom. The highest BCUT2D eigenvalue weighted by molar-refractivity contribution is 6.45. The molecule has 27 heavy (non-hydrogen) atoms. The molecular weight excluding hydrogens is 346 g/mol. The molecule has 1 aromatic heterocycles. The summed E-state index contributed by atoms with van der Waals surface area (Å²) in [6.45, 7) is 1.48. The van der Waals surface area contributed by atoms with Crippen molar-refractivity contribution < 1.29 is 13.6 Å². The third-order valence-corrected chi connectivity index (χ3v) is 4.39. The van der Waals surface area contributed by atoms with Crippen molar-refractivity contribution in [1.29, 1.82) is 0 Å². The summed E-state index contributed by atoms with van der Waals surface area (Å²) in [7, 11) is 0. The fraction of sp³-hybridized carbons (Fsp3) is 0.227. The third-order valence-electron chi connectivity index (χ3n) is 4.39. The molecule has 2 aromatic rings. The van der Waals surface area contributed by atoms with Gasteiger partial charge in [0.25, 0.3) is 6.43 Å². The van der Waals surface area contributed by atoms with E-state index in [-0.39, 0.29) is 11.3 Å². The number of hydrogen-bond donors (Lipinski definition) is 0. The van der Waals surface area contributed by atoms with Gasteiger partial charge in [-0.05, 0) is 48.6 Å². The first-order valence-corrected chi connectivity index (χ1v) is 8.84. The standard InChI is InChI=1S/C22H20F2N2O/c1-15(27)21-13-18(16-8-10-17(11-9-16)22(23)24)5-2-3-7-20(26-21)19-6-4-12-25-14-19/h4,6-14,22H,2-3,5H2,1H3/b18-13?,20-7-,26-21?. The van der Waals surface area contributed by atoms with E-state index in [9.17, 15) is 13.6 Å². The Bertz CT molecular complexity index is 898. The van der Waals surface area contributed by atoms with Crippen molar-refractivity contribution in [1.82, 2.24) is 4.98 Å². The van der Waals surface area contributed by atoms with Crippen molar-refractivity contribution in [2.45, 2.75) is 32.6 Å². The van der Waals surface area contributed by atoms with E-state index < -0.39 is 6.43 Å². The first-order chi connectivity index (χ1) is 13.0. The molecule has 0 unspecified atom stereocenters. The summed E-state index contributed by atoms with van der Waals surface area (Å²) in [5.41, 5.74) is 3.67. The summed E-state index contributed by atoms with van der Waals surface area (Å²) in [5, 5.41) is 0. The molecule has 3 rings (SSSR count). The highest BCUT2D eigenvalue weighted by Crippen LogP contribution is 2.27. The van der Waals surface area contributed by atoms with Gasteiger partial charge in [0.2, 0.25) is 0 Å². The number of aliphatic imine (C=N–C) groups is 1. The molecule has 1 aromatic carbocycles. The van der Waals surface area contributed by atoms with E-state index >= 15 is 0 Å². The zero-order valence-electron chi connectivity index (χ0n) is 15.0. The Kier molecular flexibility index (Phi) is 6.01. The number of aromatic nitrogens is 1. The van der Waals surface area contributed by atoms with Crippen molar-refractivity contribution in [3.63, 3.8) is 0 Å². The minimum absolute atomic E-state index is 0.0107. The monoisotopic (exact) mass is 366 g/mol. The Hall–Kier alpha value is -2.95. The summed E-state index contributed by atoms with van der Waals surface area (Å²) < 4.78 is 25.6. The molecule has 3 nitrogen and oxygen atoms in total. The topological polar surface area (TPSA) is 42.3 Å². The van der Waals surface area contributed by atoms with Gasteiger partial charge in [-0.1, -0.05) is 30.3 Å². The van der Waals surface area contributed by atoms with Crippen LogP contribution in [0.25, 0.3) is 11.3 Å². The number of halogens is 2. The van der Waals surface area contributed by atoms with Gasteiger partial charge < -0.3 is 0 Å². The van der Waals surface area contributed by atoms with Crippen molar-refractivity contribution in [2.75, 3.05) is 0 Å². The molecule has 0 fully saturated rings. The summed E-state index contributed by atoms with van der Waals surface area (Å²) >= 11 is 0. The normalized spacial score (nSPS) is 17.1. The van der Waals surface area contributed by atoms with Crippen molar-refractivity contribution >= 4 is 22.8 Å². The number of pyridine rings is 1. The number of carbonyl (C=O) groups is 1. The highest BCUT2D eigenvalue weighted by atomic mass is 19.3. The van der Waals surface area contributed by atoms with Crippen LogP contribution in [0.4, 0.5) is 8.78 Å². The van der Waals surface area contributed by atoms with Crippen LogP contribution in [0.15, 0.2) is 65.9 Å². The Morgan fingerprint density at radius 3 is 2.52 bits per heavy atom. The van der Waals surface area contributed by atoms with E-state index in [1.807, 2.05) is 18.2 Å². The van der Waals surface area contributed by atoms with Crippen molar-refractivity contribution in [3.05, 3.63) is 77.6 Å². The number of hydrogen-bond acceptors (Lipinski definition) is 3. The van der Waals surface area contributed by atoms with E-state index in [4.69, 9.17) is 0 Å². The smallest absolute Gasteiger partial charge is 0.263 e. The molecule has 1 aliphatic rings. The average molecular weight is 366 g/mol. The van der Waals surface area contributed by atoms with Crippen LogP contribution in [-0.2, 0) is 4.79 Å². The largest absolute Gasteiger partial charge is 0.293 e. The van der Waals surface area contributed by atoms with Crippen LogP contribution in [0, 0.1) is 0 Å². The van der Waals surface area contributed by atoms with E-state index in [0.29, 0.717) is 5.71 Å². The van der Waals surface area contributed by atoms with Crippen LogP contribution in [0.1, 0.15) is 49.3 Å². The number of allylic oxidation sites excluding steroid dienone is 3.